The van der Waals surface area contributed by atoms with E-state index in [2.05, 4.69) is 25.9 Å². The molecule has 3 aromatic heterocycles. The van der Waals surface area contributed by atoms with E-state index < -0.39 is 0 Å². The van der Waals surface area contributed by atoms with Crippen molar-refractivity contribution in [2.75, 3.05) is 36.9 Å². The molecular weight excluding hydrogens is 449 g/mol. The highest BCUT2D eigenvalue weighted by atomic mass is 32.1. The van der Waals surface area contributed by atoms with Crippen molar-refractivity contribution in [3.63, 3.8) is 0 Å². The number of aliphatic hydroxyl groups is 1. The number of aliphatic hydroxyl groups excluding tert-OH is 1. The molecule has 0 bridgehead atoms. The van der Waals surface area contributed by atoms with E-state index in [4.69, 9.17) is 5.11 Å². The van der Waals surface area contributed by atoms with E-state index in [0.29, 0.717) is 22.8 Å². The fourth-order valence-electron chi connectivity index (χ4n) is 3.00. The average molecular weight is 472 g/mol. The van der Waals surface area contributed by atoms with Gasteiger partial charge in [-0.05, 0) is 43.3 Å². The molecule has 0 unspecified atom stereocenters. The molecule has 0 aliphatic heterocycles. The van der Waals surface area contributed by atoms with Gasteiger partial charge in [0.05, 0.1) is 28.1 Å². The zero-order valence-corrected chi connectivity index (χ0v) is 18.7. The number of halogens is 1. The summed E-state index contributed by atoms with van der Waals surface area (Å²) in [6.45, 7) is 2.37. The lowest BCUT2D eigenvalue weighted by Crippen LogP contribution is -2.21. The molecule has 1 aromatic carbocycles. The highest BCUT2D eigenvalue weighted by Crippen LogP contribution is 2.33. The van der Waals surface area contributed by atoms with Crippen LogP contribution in [-0.4, -0.2) is 47.2 Å². The van der Waals surface area contributed by atoms with Gasteiger partial charge in [0.25, 0.3) is 5.91 Å². The van der Waals surface area contributed by atoms with E-state index in [9.17, 15) is 9.18 Å². The second-order valence-corrected chi connectivity index (χ2v) is 9.01. The van der Waals surface area contributed by atoms with Gasteiger partial charge in [-0.25, -0.2) is 9.37 Å². The van der Waals surface area contributed by atoms with Gasteiger partial charge in [-0.2, -0.15) is 0 Å². The largest absolute Gasteiger partial charge is 0.395 e. The standard InChI is InChI=1S/C22H22FN5O2S2/c23-15-4-7-17(26-13-15)14-2-5-16(6-3-14)27-20(30)18-12-19-21(31-18)28-22(32-19)25-9-1-8-24-10-11-29/h2-7,12-13,24,29H,1,8-11H2,(H,25,28)(H,27,30). The summed E-state index contributed by atoms with van der Waals surface area (Å²) in [5, 5.41) is 18.9. The number of anilines is 2. The van der Waals surface area contributed by atoms with Gasteiger partial charge < -0.3 is 21.1 Å². The Morgan fingerprint density at radius 1 is 1.06 bits per heavy atom. The summed E-state index contributed by atoms with van der Waals surface area (Å²) in [4.78, 5) is 22.7. The lowest BCUT2D eigenvalue weighted by molar-refractivity contribution is 0.103. The molecule has 4 N–H and O–H groups in total. The Labute approximate surface area is 192 Å². The summed E-state index contributed by atoms with van der Waals surface area (Å²) >= 11 is 2.88. The number of hydrogen-bond acceptors (Lipinski definition) is 8. The molecule has 0 radical (unpaired) electrons. The lowest BCUT2D eigenvalue weighted by atomic mass is 10.1. The Morgan fingerprint density at radius 2 is 1.91 bits per heavy atom. The zero-order valence-electron chi connectivity index (χ0n) is 17.1. The quantitative estimate of drug-likeness (QED) is 0.259. The fourth-order valence-corrected chi connectivity index (χ4v) is 5.04. The first kappa shape index (κ1) is 22.3. The minimum Gasteiger partial charge on any atom is -0.395 e. The molecule has 166 valence electrons. The summed E-state index contributed by atoms with van der Waals surface area (Å²) in [5.74, 6) is -0.560. The van der Waals surface area contributed by atoms with Crippen molar-refractivity contribution in [2.24, 2.45) is 0 Å². The van der Waals surface area contributed by atoms with Crippen LogP contribution in [0, 0.1) is 5.82 Å². The van der Waals surface area contributed by atoms with Crippen molar-refractivity contribution >= 4 is 48.9 Å². The second kappa shape index (κ2) is 10.6. The zero-order chi connectivity index (χ0) is 22.3. The molecule has 0 aliphatic carbocycles. The number of carbonyl (C=O) groups excluding carboxylic acids is 1. The Balaban J connectivity index is 1.32. The molecule has 0 aliphatic rings. The first-order chi connectivity index (χ1) is 15.6. The fraction of sp³-hybridized carbons (Fsp3) is 0.227. The van der Waals surface area contributed by atoms with Crippen molar-refractivity contribution in [1.82, 2.24) is 15.3 Å². The molecular formula is C22H22FN5O2S2. The van der Waals surface area contributed by atoms with E-state index in [1.807, 2.05) is 18.2 Å². The van der Waals surface area contributed by atoms with Crippen molar-refractivity contribution in [3.8, 4) is 11.3 Å². The third-order valence-electron chi connectivity index (χ3n) is 4.57. The number of rotatable bonds is 10. The number of benzene rings is 1. The molecule has 3 heterocycles. The molecule has 0 spiro atoms. The number of aromatic nitrogens is 2. The van der Waals surface area contributed by atoms with E-state index in [-0.39, 0.29) is 18.3 Å². The number of thiophene rings is 1. The van der Waals surface area contributed by atoms with Crippen LogP contribution in [0.4, 0.5) is 15.2 Å². The first-order valence-corrected chi connectivity index (χ1v) is 11.7. The predicted molar refractivity (Wildman–Crippen MR) is 128 cm³/mol. The van der Waals surface area contributed by atoms with Crippen LogP contribution < -0.4 is 16.0 Å². The van der Waals surface area contributed by atoms with Crippen LogP contribution in [-0.2, 0) is 0 Å². The topological polar surface area (TPSA) is 99.2 Å². The highest BCUT2D eigenvalue weighted by molar-refractivity contribution is 7.29. The Kier molecular flexibility index (Phi) is 7.38. The average Bonchev–Trinajstić information content (AvgIpc) is 3.36. The SMILES string of the molecule is O=C(Nc1ccc(-c2ccc(F)cn2)cc1)c1cc2sc(NCCCNCCO)nc2s1. The van der Waals surface area contributed by atoms with Crippen LogP contribution in [0.3, 0.4) is 0 Å². The van der Waals surface area contributed by atoms with Gasteiger partial charge in [0.2, 0.25) is 0 Å². The molecule has 10 heteroatoms. The highest BCUT2D eigenvalue weighted by Gasteiger charge is 2.14. The van der Waals surface area contributed by atoms with E-state index in [0.717, 1.165) is 39.7 Å². The van der Waals surface area contributed by atoms with E-state index in [1.54, 1.807) is 18.2 Å². The normalized spacial score (nSPS) is 11.1. The maximum absolute atomic E-state index is 13.0. The molecule has 4 aromatic rings. The van der Waals surface area contributed by atoms with Crippen LogP contribution in [0.1, 0.15) is 16.1 Å². The van der Waals surface area contributed by atoms with Gasteiger partial charge in [-0.3, -0.25) is 9.78 Å². The van der Waals surface area contributed by atoms with E-state index >= 15 is 0 Å². The summed E-state index contributed by atoms with van der Waals surface area (Å²) in [5.41, 5.74) is 2.18. The lowest BCUT2D eigenvalue weighted by Gasteiger charge is -2.05. The van der Waals surface area contributed by atoms with E-state index in [1.165, 1.54) is 34.9 Å². The molecule has 0 atom stereocenters. The number of thiazole rings is 1. The third-order valence-corrected chi connectivity index (χ3v) is 6.69. The predicted octanol–water partition coefficient (Wildman–Crippen LogP) is 4.20. The third kappa shape index (κ3) is 5.65. The second-order valence-electron chi connectivity index (χ2n) is 6.95. The van der Waals surface area contributed by atoms with Gasteiger partial charge in [-0.15, -0.1) is 11.3 Å². The van der Waals surface area contributed by atoms with Crippen LogP contribution in [0.2, 0.25) is 0 Å². The number of carbonyl (C=O) groups is 1. The molecule has 0 saturated carbocycles. The summed E-state index contributed by atoms with van der Waals surface area (Å²) in [6, 6.07) is 12.1. The van der Waals surface area contributed by atoms with Crippen LogP contribution in [0.25, 0.3) is 20.8 Å². The van der Waals surface area contributed by atoms with Crippen LogP contribution in [0.5, 0.6) is 0 Å². The smallest absolute Gasteiger partial charge is 0.265 e. The molecule has 32 heavy (non-hydrogen) atoms. The molecule has 0 fully saturated rings. The van der Waals surface area contributed by atoms with Gasteiger partial charge >= 0.3 is 0 Å². The monoisotopic (exact) mass is 471 g/mol. The molecule has 4 rings (SSSR count). The summed E-state index contributed by atoms with van der Waals surface area (Å²) in [6.07, 6.45) is 2.11. The number of pyridine rings is 1. The van der Waals surface area contributed by atoms with Gasteiger partial charge in [-0.1, -0.05) is 23.5 Å². The van der Waals surface area contributed by atoms with Crippen molar-refractivity contribution in [2.45, 2.75) is 6.42 Å². The first-order valence-electron chi connectivity index (χ1n) is 10.1. The van der Waals surface area contributed by atoms with Crippen molar-refractivity contribution in [3.05, 3.63) is 59.4 Å². The van der Waals surface area contributed by atoms with Crippen LogP contribution >= 0.6 is 22.7 Å². The number of nitrogens with one attached hydrogen (secondary N) is 3. The number of nitrogens with zero attached hydrogens (tertiary/aromatic N) is 2. The summed E-state index contributed by atoms with van der Waals surface area (Å²) < 4.78 is 14.0. The number of hydrogen-bond donors (Lipinski definition) is 4. The van der Waals surface area contributed by atoms with Crippen LogP contribution in [0.15, 0.2) is 48.7 Å². The minimum absolute atomic E-state index is 0.144. The maximum Gasteiger partial charge on any atom is 0.265 e. The number of amides is 1. The van der Waals surface area contributed by atoms with Gasteiger partial charge in [0.1, 0.15) is 10.6 Å². The van der Waals surface area contributed by atoms with Crippen molar-refractivity contribution in [1.29, 1.82) is 0 Å². The minimum atomic E-state index is -0.377. The van der Waals surface area contributed by atoms with Crippen molar-refractivity contribution < 1.29 is 14.3 Å². The Bertz CT molecular complexity index is 1140. The summed E-state index contributed by atoms with van der Waals surface area (Å²) in [7, 11) is 0. The Morgan fingerprint density at radius 3 is 2.62 bits per heavy atom. The Hall–Kier alpha value is -2.92. The molecule has 0 saturated heterocycles. The van der Waals surface area contributed by atoms with Gasteiger partial charge in [0.15, 0.2) is 5.13 Å². The molecule has 7 nitrogen and oxygen atoms in total. The number of fused-ring (bicyclic) bond motifs is 1. The van der Waals surface area contributed by atoms with Gasteiger partial charge in [0, 0.05) is 24.3 Å². The molecule has 1 amide bonds. The maximum atomic E-state index is 13.0.